The van der Waals surface area contributed by atoms with Crippen molar-refractivity contribution in [2.24, 2.45) is 0 Å². The van der Waals surface area contributed by atoms with Crippen LogP contribution in [0.15, 0.2) is 29.0 Å². The van der Waals surface area contributed by atoms with Crippen molar-refractivity contribution in [3.05, 3.63) is 29.0 Å². The first-order valence-corrected chi connectivity index (χ1v) is 6.86. The molecular weight excluding hydrogens is 278 g/mol. The number of fused-ring (bicyclic) bond motifs is 1. The zero-order valence-corrected chi connectivity index (χ0v) is 11.9. The lowest BCUT2D eigenvalue weighted by molar-refractivity contribution is 0.292. The van der Waals surface area contributed by atoms with Crippen LogP contribution in [0.5, 0.6) is 0 Å². The summed E-state index contributed by atoms with van der Waals surface area (Å²) in [5.74, 6) is 0. The summed E-state index contributed by atoms with van der Waals surface area (Å²) in [5, 5.41) is 0. The third-order valence-corrected chi connectivity index (χ3v) is 3.63. The fourth-order valence-corrected chi connectivity index (χ4v) is 2.35. The predicted molar refractivity (Wildman–Crippen MR) is 75.2 cm³/mol. The molecule has 0 aliphatic carbocycles. The fraction of sp³-hybridized carbons (Fsp3) is 0.462. The van der Waals surface area contributed by atoms with Gasteiger partial charge in [-0.1, -0.05) is 29.8 Å². The van der Waals surface area contributed by atoms with Crippen LogP contribution in [0.2, 0.25) is 0 Å². The molecule has 0 radical (unpaired) electrons. The Morgan fingerprint density at radius 1 is 1.29 bits per heavy atom. The van der Waals surface area contributed by atoms with Crippen molar-refractivity contribution < 1.29 is 0 Å². The number of benzene rings is 1. The van der Waals surface area contributed by atoms with E-state index in [2.05, 4.69) is 50.3 Å². The second-order valence-electron chi connectivity index (χ2n) is 4.10. The van der Waals surface area contributed by atoms with E-state index in [4.69, 9.17) is 0 Å². The van der Waals surface area contributed by atoms with Gasteiger partial charge in [-0.05, 0) is 31.3 Å². The minimum absolute atomic E-state index is 0.995. The molecule has 17 heavy (non-hydrogen) atoms. The molecule has 1 heterocycles. The Balaban J connectivity index is 2.16. The fourth-order valence-electron chi connectivity index (χ4n) is 2.00. The Labute approximate surface area is 111 Å². The van der Waals surface area contributed by atoms with Gasteiger partial charge < -0.3 is 9.47 Å². The Hall–Kier alpha value is -0.870. The van der Waals surface area contributed by atoms with Gasteiger partial charge in [0.25, 0.3) is 0 Å². The molecule has 92 valence electrons. The van der Waals surface area contributed by atoms with E-state index in [9.17, 15) is 0 Å². The van der Waals surface area contributed by atoms with Gasteiger partial charge >= 0.3 is 0 Å². The van der Waals surface area contributed by atoms with Gasteiger partial charge in [-0.3, -0.25) is 0 Å². The smallest absolute Gasteiger partial charge is 0.0958 e. The second kappa shape index (κ2) is 5.65. The van der Waals surface area contributed by atoms with Gasteiger partial charge in [0.1, 0.15) is 0 Å². The highest BCUT2D eigenvalue weighted by Gasteiger charge is 2.04. The predicted octanol–water partition coefficient (Wildman–Crippen LogP) is 3.14. The van der Waals surface area contributed by atoms with E-state index in [-0.39, 0.29) is 0 Å². The molecule has 0 fully saturated rings. The average molecular weight is 296 g/mol. The van der Waals surface area contributed by atoms with E-state index in [1.807, 2.05) is 18.5 Å². The van der Waals surface area contributed by atoms with Gasteiger partial charge in [0, 0.05) is 17.6 Å². The van der Waals surface area contributed by atoms with Crippen LogP contribution >= 0.6 is 15.9 Å². The van der Waals surface area contributed by atoms with Gasteiger partial charge in [-0.2, -0.15) is 0 Å². The minimum Gasteiger partial charge on any atom is -0.329 e. The van der Waals surface area contributed by atoms with Crippen LogP contribution in [0, 0.1) is 0 Å². The number of nitrogens with zero attached hydrogens (tertiary/aromatic N) is 3. The van der Waals surface area contributed by atoms with Crippen LogP contribution in [-0.4, -0.2) is 34.1 Å². The molecule has 4 heteroatoms. The molecule has 0 spiro atoms. The maximum atomic E-state index is 4.41. The number of imidazole rings is 1. The van der Waals surface area contributed by atoms with E-state index < -0.39 is 0 Å². The molecule has 0 aliphatic rings. The Morgan fingerprint density at radius 3 is 2.76 bits per heavy atom. The topological polar surface area (TPSA) is 21.1 Å². The summed E-state index contributed by atoms with van der Waals surface area (Å²) >= 11 is 3.51. The maximum Gasteiger partial charge on any atom is 0.0958 e. The molecular formula is C13H18BrN3. The second-order valence-corrected chi connectivity index (χ2v) is 5.01. The maximum absolute atomic E-state index is 4.41. The molecule has 1 aromatic heterocycles. The number of aromatic nitrogens is 2. The van der Waals surface area contributed by atoms with E-state index >= 15 is 0 Å². The number of hydrogen-bond acceptors (Lipinski definition) is 2. The molecule has 0 amide bonds. The van der Waals surface area contributed by atoms with Gasteiger partial charge in [0.05, 0.1) is 17.4 Å². The summed E-state index contributed by atoms with van der Waals surface area (Å²) in [6, 6.07) is 6.21. The van der Waals surface area contributed by atoms with Crippen LogP contribution in [0.25, 0.3) is 11.0 Å². The highest BCUT2D eigenvalue weighted by molar-refractivity contribution is 9.10. The van der Waals surface area contributed by atoms with Gasteiger partial charge in [-0.25, -0.2) is 4.98 Å². The van der Waals surface area contributed by atoms with Crippen molar-refractivity contribution >= 4 is 27.0 Å². The third-order valence-electron chi connectivity index (χ3n) is 3.13. The quantitative estimate of drug-likeness (QED) is 0.845. The Bertz CT molecular complexity index is 488. The van der Waals surface area contributed by atoms with E-state index in [1.165, 1.54) is 5.52 Å². The molecule has 2 rings (SSSR count). The monoisotopic (exact) mass is 295 g/mol. The number of hydrogen-bond donors (Lipinski definition) is 0. The standard InChI is InChI=1S/C13H18BrN3/c1-3-16(4-2)7-8-17-10-15-12-6-5-11(14)9-13(12)17/h5-6,9-10H,3-4,7-8H2,1-2H3. The average Bonchev–Trinajstić information content (AvgIpc) is 2.73. The summed E-state index contributed by atoms with van der Waals surface area (Å²) in [7, 11) is 0. The molecule has 0 saturated heterocycles. The molecule has 1 aromatic carbocycles. The van der Waals surface area contributed by atoms with Crippen molar-refractivity contribution in [3.8, 4) is 0 Å². The van der Waals surface area contributed by atoms with Gasteiger partial charge in [-0.15, -0.1) is 0 Å². The Morgan fingerprint density at radius 2 is 2.06 bits per heavy atom. The zero-order valence-electron chi connectivity index (χ0n) is 10.4. The minimum atomic E-state index is 0.995. The summed E-state index contributed by atoms with van der Waals surface area (Å²) in [4.78, 5) is 6.83. The van der Waals surface area contributed by atoms with Crippen LogP contribution < -0.4 is 0 Å². The SMILES string of the molecule is CCN(CC)CCn1cnc2ccc(Br)cc21. The summed E-state index contributed by atoms with van der Waals surface area (Å²) in [6.07, 6.45) is 1.93. The lowest BCUT2D eigenvalue weighted by Crippen LogP contribution is -2.26. The zero-order chi connectivity index (χ0) is 12.3. The normalized spacial score (nSPS) is 11.5. The van der Waals surface area contributed by atoms with Crippen molar-refractivity contribution in [3.63, 3.8) is 0 Å². The highest BCUT2D eigenvalue weighted by atomic mass is 79.9. The molecule has 0 unspecified atom stereocenters. The highest BCUT2D eigenvalue weighted by Crippen LogP contribution is 2.18. The first-order chi connectivity index (χ1) is 8.24. The van der Waals surface area contributed by atoms with E-state index in [0.29, 0.717) is 0 Å². The van der Waals surface area contributed by atoms with Crippen molar-refractivity contribution in [1.29, 1.82) is 0 Å². The summed E-state index contributed by atoms with van der Waals surface area (Å²) in [6.45, 7) is 8.68. The van der Waals surface area contributed by atoms with Gasteiger partial charge in [0.15, 0.2) is 0 Å². The molecule has 2 aromatic rings. The molecule has 0 atom stereocenters. The molecule has 3 nitrogen and oxygen atoms in total. The molecule has 0 saturated carbocycles. The number of likely N-dealkylation sites (N-methyl/N-ethyl adjacent to an activating group) is 1. The lowest BCUT2D eigenvalue weighted by Gasteiger charge is -2.18. The first kappa shape index (κ1) is 12.6. The Kier molecular flexibility index (Phi) is 4.18. The van der Waals surface area contributed by atoms with Crippen molar-refractivity contribution in [2.45, 2.75) is 20.4 Å². The van der Waals surface area contributed by atoms with Crippen molar-refractivity contribution in [2.75, 3.05) is 19.6 Å². The number of halogens is 1. The summed E-state index contributed by atoms with van der Waals surface area (Å²) < 4.78 is 3.33. The largest absolute Gasteiger partial charge is 0.329 e. The van der Waals surface area contributed by atoms with Gasteiger partial charge in [0.2, 0.25) is 0 Å². The van der Waals surface area contributed by atoms with E-state index in [0.717, 1.165) is 36.2 Å². The first-order valence-electron chi connectivity index (χ1n) is 6.07. The van der Waals surface area contributed by atoms with Crippen LogP contribution in [0.1, 0.15) is 13.8 Å². The van der Waals surface area contributed by atoms with Crippen LogP contribution in [0.3, 0.4) is 0 Å². The lowest BCUT2D eigenvalue weighted by atomic mass is 10.3. The number of rotatable bonds is 5. The molecule has 0 N–H and O–H groups in total. The summed E-state index contributed by atoms with van der Waals surface area (Å²) in [5.41, 5.74) is 2.26. The third kappa shape index (κ3) is 2.87. The van der Waals surface area contributed by atoms with Crippen molar-refractivity contribution in [1.82, 2.24) is 14.5 Å². The molecule has 0 bridgehead atoms. The van der Waals surface area contributed by atoms with Crippen LogP contribution in [0.4, 0.5) is 0 Å². The van der Waals surface area contributed by atoms with E-state index in [1.54, 1.807) is 0 Å². The molecule has 0 aliphatic heterocycles. The van der Waals surface area contributed by atoms with Crippen LogP contribution in [-0.2, 0) is 6.54 Å².